The fourth-order valence-electron chi connectivity index (χ4n) is 2.59. The summed E-state index contributed by atoms with van der Waals surface area (Å²) in [7, 11) is 0. The molecule has 1 saturated carbocycles. The van der Waals surface area contributed by atoms with Crippen LogP contribution in [-0.4, -0.2) is 31.2 Å². The molecule has 1 aromatic carbocycles. The third-order valence-electron chi connectivity index (χ3n) is 4.18. The molecule has 0 spiro atoms. The van der Waals surface area contributed by atoms with Crippen LogP contribution in [0, 0.1) is 17.8 Å². The van der Waals surface area contributed by atoms with E-state index < -0.39 is 0 Å². The van der Waals surface area contributed by atoms with Crippen molar-refractivity contribution in [3.63, 3.8) is 0 Å². The highest BCUT2D eigenvalue weighted by Crippen LogP contribution is 2.27. The van der Waals surface area contributed by atoms with Crippen molar-refractivity contribution in [2.75, 3.05) is 13.2 Å². The van der Waals surface area contributed by atoms with E-state index in [0.29, 0.717) is 23.2 Å². The SMILES string of the molecule is N/N=C(\C=NCC1CCCCO1)c1ccc(C#CC2CC2)cc1Cl. The molecule has 0 aromatic heterocycles. The van der Waals surface area contributed by atoms with Crippen molar-refractivity contribution in [3.8, 4) is 11.8 Å². The molecule has 1 aliphatic heterocycles. The summed E-state index contributed by atoms with van der Waals surface area (Å²) >= 11 is 6.37. The first kappa shape index (κ1) is 17.0. The van der Waals surface area contributed by atoms with Gasteiger partial charge in [-0.1, -0.05) is 23.4 Å². The van der Waals surface area contributed by atoms with Crippen LogP contribution in [0.15, 0.2) is 28.3 Å². The number of halogens is 1. The topological polar surface area (TPSA) is 60.0 Å². The lowest BCUT2D eigenvalue weighted by atomic mass is 10.1. The number of rotatable bonds is 4. The number of benzene rings is 1. The average molecular weight is 344 g/mol. The zero-order chi connectivity index (χ0) is 16.8. The van der Waals surface area contributed by atoms with Gasteiger partial charge in [-0.2, -0.15) is 5.10 Å². The van der Waals surface area contributed by atoms with Gasteiger partial charge in [-0.15, -0.1) is 0 Å². The van der Waals surface area contributed by atoms with Gasteiger partial charge in [-0.3, -0.25) is 4.99 Å². The standard InChI is InChI=1S/C19H22ClN3O/c20-18-11-15(7-6-14-4-5-14)8-9-17(18)19(23-21)13-22-12-16-3-1-2-10-24-16/h8-9,11,13-14,16H,1-5,10,12,21H2/b22-13?,23-19+. The van der Waals surface area contributed by atoms with Crippen LogP contribution in [0.4, 0.5) is 0 Å². The van der Waals surface area contributed by atoms with Gasteiger partial charge < -0.3 is 10.6 Å². The molecule has 2 aliphatic rings. The maximum absolute atomic E-state index is 6.37. The molecule has 5 heteroatoms. The van der Waals surface area contributed by atoms with Crippen molar-refractivity contribution in [3.05, 3.63) is 34.3 Å². The molecular weight excluding hydrogens is 322 g/mol. The van der Waals surface area contributed by atoms with Crippen LogP contribution in [0.3, 0.4) is 0 Å². The molecule has 1 aromatic rings. The molecule has 1 unspecified atom stereocenters. The number of hydrogen-bond acceptors (Lipinski definition) is 4. The monoisotopic (exact) mass is 343 g/mol. The minimum absolute atomic E-state index is 0.199. The van der Waals surface area contributed by atoms with Gasteiger partial charge in [0.25, 0.3) is 0 Å². The largest absolute Gasteiger partial charge is 0.376 e. The van der Waals surface area contributed by atoms with Gasteiger partial charge >= 0.3 is 0 Å². The first-order valence-electron chi connectivity index (χ1n) is 8.47. The Morgan fingerprint density at radius 2 is 2.21 bits per heavy atom. The van der Waals surface area contributed by atoms with Crippen LogP contribution >= 0.6 is 11.6 Å². The van der Waals surface area contributed by atoms with Crippen LogP contribution in [0.1, 0.15) is 43.2 Å². The Morgan fingerprint density at radius 3 is 2.88 bits per heavy atom. The molecule has 126 valence electrons. The number of aliphatic imine (C=N–C) groups is 1. The van der Waals surface area contributed by atoms with Crippen LogP contribution in [0.25, 0.3) is 0 Å². The molecule has 0 radical (unpaired) electrons. The summed E-state index contributed by atoms with van der Waals surface area (Å²) in [6.07, 6.45) is 7.70. The smallest absolute Gasteiger partial charge is 0.109 e. The summed E-state index contributed by atoms with van der Waals surface area (Å²) in [4.78, 5) is 4.43. The lowest BCUT2D eigenvalue weighted by Gasteiger charge is -2.20. The Kier molecular flexibility index (Phi) is 5.90. The van der Waals surface area contributed by atoms with Gasteiger partial charge in [0.1, 0.15) is 5.71 Å². The predicted molar refractivity (Wildman–Crippen MR) is 98.7 cm³/mol. The van der Waals surface area contributed by atoms with Crippen molar-refractivity contribution in [2.24, 2.45) is 21.9 Å². The number of ether oxygens (including phenoxy) is 1. The Hall–Kier alpha value is -1.83. The second-order valence-electron chi connectivity index (χ2n) is 6.24. The first-order valence-corrected chi connectivity index (χ1v) is 8.85. The van der Waals surface area contributed by atoms with Gasteiger partial charge in [0, 0.05) is 29.9 Å². The molecule has 1 atom stereocenters. The Morgan fingerprint density at radius 1 is 1.33 bits per heavy atom. The van der Waals surface area contributed by atoms with E-state index in [1.807, 2.05) is 18.2 Å². The molecule has 1 saturated heterocycles. The molecule has 3 rings (SSSR count). The van der Waals surface area contributed by atoms with Gasteiger partial charge in [0.2, 0.25) is 0 Å². The second-order valence-corrected chi connectivity index (χ2v) is 6.64. The van der Waals surface area contributed by atoms with Crippen LogP contribution in [0.5, 0.6) is 0 Å². The normalized spacial score (nSPS) is 21.5. The summed E-state index contributed by atoms with van der Waals surface area (Å²) in [5, 5.41) is 4.41. The molecule has 1 aliphatic carbocycles. The van der Waals surface area contributed by atoms with Gasteiger partial charge in [-0.25, -0.2) is 0 Å². The predicted octanol–water partition coefficient (Wildman–Crippen LogP) is 3.40. The molecular formula is C19H22ClN3O. The Bertz CT molecular complexity index is 692. The lowest BCUT2D eigenvalue weighted by molar-refractivity contribution is 0.0226. The van der Waals surface area contributed by atoms with E-state index >= 15 is 0 Å². The first-order chi connectivity index (χ1) is 11.8. The summed E-state index contributed by atoms with van der Waals surface area (Å²) in [6.45, 7) is 1.45. The van der Waals surface area contributed by atoms with Gasteiger partial charge in [-0.05, 0) is 50.3 Å². The van der Waals surface area contributed by atoms with E-state index in [9.17, 15) is 0 Å². The summed E-state index contributed by atoms with van der Waals surface area (Å²) in [6, 6.07) is 5.70. The van der Waals surface area contributed by atoms with E-state index in [4.69, 9.17) is 22.2 Å². The molecule has 0 bridgehead atoms. The van der Waals surface area contributed by atoms with Crippen molar-refractivity contribution in [2.45, 2.75) is 38.2 Å². The average Bonchev–Trinajstić information content (AvgIpc) is 3.43. The fraction of sp³-hybridized carbons (Fsp3) is 0.474. The Labute approximate surface area is 148 Å². The van der Waals surface area contributed by atoms with E-state index in [1.165, 1.54) is 19.3 Å². The maximum Gasteiger partial charge on any atom is 0.109 e. The van der Waals surface area contributed by atoms with Crippen molar-refractivity contribution in [1.82, 2.24) is 0 Å². The molecule has 1 heterocycles. The zero-order valence-electron chi connectivity index (χ0n) is 13.7. The van der Waals surface area contributed by atoms with Crippen molar-refractivity contribution >= 4 is 23.5 Å². The van der Waals surface area contributed by atoms with E-state index in [-0.39, 0.29) is 6.10 Å². The van der Waals surface area contributed by atoms with Crippen LogP contribution in [-0.2, 0) is 4.74 Å². The third-order valence-corrected chi connectivity index (χ3v) is 4.49. The van der Waals surface area contributed by atoms with Gasteiger partial charge in [0.15, 0.2) is 0 Å². The minimum atomic E-state index is 0.199. The summed E-state index contributed by atoms with van der Waals surface area (Å²) in [5.74, 6) is 12.5. The zero-order valence-corrected chi connectivity index (χ0v) is 14.4. The van der Waals surface area contributed by atoms with Gasteiger partial charge in [0.05, 0.1) is 17.7 Å². The van der Waals surface area contributed by atoms with Crippen LogP contribution < -0.4 is 5.84 Å². The van der Waals surface area contributed by atoms with Crippen molar-refractivity contribution in [1.29, 1.82) is 0 Å². The third kappa shape index (κ3) is 4.83. The van der Waals surface area contributed by atoms with E-state index in [0.717, 1.165) is 30.6 Å². The van der Waals surface area contributed by atoms with Crippen molar-refractivity contribution < 1.29 is 4.74 Å². The quantitative estimate of drug-likeness (QED) is 0.394. The maximum atomic E-state index is 6.37. The number of nitrogens with zero attached hydrogens (tertiary/aromatic N) is 2. The summed E-state index contributed by atoms with van der Waals surface area (Å²) < 4.78 is 5.66. The minimum Gasteiger partial charge on any atom is -0.376 e. The van der Waals surface area contributed by atoms with Crippen LogP contribution in [0.2, 0.25) is 5.02 Å². The Balaban J connectivity index is 1.65. The molecule has 2 N–H and O–H groups in total. The number of nitrogens with two attached hydrogens (primary N) is 1. The van der Waals surface area contributed by atoms with E-state index in [1.54, 1.807) is 6.21 Å². The molecule has 4 nitrogen and oxygen atoms in total. The molecule has 0 amide bonds. The summed E-state index contributed by atoms with van der Waals surface area (Å²) in [5.41, 5.74) is 2.25. The number of hydrazone groups is 1. The van der Waals surface area contributed by atoms with E-state index in [2.05, 4.69) is 21.9 Å². The molecule has 2 fully saturated rings. The highest BCUT2D eigenvalue weighted by atomic mass is 35.5. The molecule has 24 heavy (non-hydrogen) atoms. The highest BCUT2D eigenvalue weighted by Gasteiger charge is 2.17. The lowest BCUT2D eigenvalue weighted by Crippen LogP contribution is -2.22. The highest BCUT2D eigenvalue weighted by molar-refractivity contribution is 6.44. The number of hydrogen-bond donors (Lipinski definition) is 1. The second kappa shape index (κ2) is 8.32. The fourth-order valence-corrected chi connectivity index (χ4v) is 2.87.